The van der Waals surface area contributed by atoms with Gasteiger partial charge in [-0.2, -0.15) is 0 Å². The van der Waals surface area contributed by atoms with Crippen molar-refractivity contribution in [2.24, 2.45) is 0 Å². The SMILES string of the molecule is CCN(CC)C(=O)[C@@H]1C[C@H](NC(=O)c2cccnc2)CN1C1CCOCC1. The van der Waals surface area contributed by atoms with Crippen molar-refractivity contribution in [3.05, 3.63) is 30.1 Å². The zero-order valence-electron chi connectivity index (χ0n) is 16.3. The van der Waals surface area contributed by atoms with Gasteiger partial charge in [0.1, 0.15) is 0 Å². The fourth-order valence-electron chi connectivity index (χ4n) is 4.14. The van der Waals surface area contributed by atoms with E-state index in [4.69, 9.17) is 4.74 Å². The number of likely N-dealkylation sites (N-methyl/N-ethyl adjacent to an activating group) is 1. The van der Waals surface area contributed by atoms with E-state index in [0.29, 0.717) is 37.7 Å². The highest BCUT2D eigenvalue weighted by atomic mass is 16.5. The van der Waals surface area contributed by atoms with Gasteiger partial charge in [0.05, 0.1) is 11.6 Å². The molecule has 148 valence electrons. The minimum atomic E-state index is -0.174. The molecule has 27 heavy (non-hydrogen) atoms. The van der Waals surface area contributed by atoms with Gasteiger partial charge in [0.25, 0.3) is 5.91 Å². The first-order valence-electron chi connectivity index (χ1n) is 9.97. The zero-order chi connectivity index (χ0) is 19.2. The predicted molar refractivity (Wildman–Crippen MR) is 102 cm³/mol. The number of pyridine rings is 1. The second-order valence-electron chi connectivity index (χ2n) is 7.21. The van der Waals surface area contributed by atoms with Crippen molar-refractivity contribution in [1.29, 1.82) is 0 Å². The third kappa shape index (κ3) is 4.65. The molecule has 0 radical (unpaired) electrons. The highest BCUT2D eigenvalue weighted by Crippen LogP contribution is 2.27. The maximum absolute atomic E-state index is 13.1. The van der Waals surface area contributed by atoms with Crippen LogP contribution in [0.15, 0.2) is 24.5 Å². The second kappa shape index (κ2) is 9.28. The first kappa shape index (κ1) is 19.8. The van der Waals surface area contributed by atoms with E-state index in [1.54, 1.807) is 24.5 Å². The van der Waals surface area contributed by atoms with Gasteiger partial charge in [0.2, 0.25) is 5.91 Å². The van der Waals surface area contributed by atoms with Gasteiger partial charge in [-0.1, -0.05) is 0 Å². The largest absolute Gasteiger partial charge is 0.381 e. The molecule has 0 unspecified atom stereocenters. The lowest BCUT2D eigenvalue weighted by Crippen LogP contribution is -2.50. The third-order valence-electron chi connectivity index (χ3n) is 5.62. The molecule has 2 aliphatic rings. The smallest absolute Gasteiger partial charge is 0.253 e. The second-order valence-corrected chi connectivity index (χ2v) is 7.21. The Bertz CT molecular complexity index is 629. The monoisotopic (exact) mass is 374 g/mol. The van der Waals surface area contributed by atoms with Crippen molar-refractivity contribution >= 4 is 11.8 Å². The number of hydrogen-bond acceptors (Lipinski definition) is 5. The molecule has 3 heterocycles. The minimum Gasteiger partial charge on any atom is -0.381 e. The summed E-state index contributed by atoms with van der Waals surface area (Å²) in [5, 5.41) is 3.10. The Kier molecular flexibility index (Phi) is 6.79. The van der Waals surface area contributed by atoms with E-state index in [2.05, 4.69) is 15.2 Å². The fraction of sp³-hybridized carbons (Fsp3) is 0.650. The molecular weight excluding hydrogens is 344 g/mol. The summed E-state index contributed by atoms with van der Waals surface area (Å²) in [6.07, 6.45) is 5.74. The lowest BCUT2D eigenvalue weighted by molar-refractivity contribution is -0.137. The molecule has 1 aromatic rings. The highest BCUT2D eigenvalue weighted by molar-refractivity contribution is 5.94. The Balaban J connectivity index is 1.72. The summed E-state index contributed by atoms with van der Waals surface area (Å²) in [7, 11) is 0. The summed E-state index contributed by atoms with van der Waals surface area (Å²) in [6, 6.07) is 3.64. The summed E-state index contributed by atoms with van der Waals surface area (Å²) in [4.78, 5) is 33.8. The molecule has 1 aromatic heterocycles. The number of carbonyl (C=O) groups excluding carboxylic acids is 2. The first-order valence-corrected chi connectivity index (χ1v) is 9.97. The topological polar surface area (TPSA) is 74.8 Å². The molecule has 2 saturated heterocycles. The van der Waals surface area contributed by atoms with Crippen molar-refractivity contribution in [1.82, 2.24) is 20.1 Å². The molecule has 0 saturated carbocycles. The van der Waals surface area contributed by atoms with E-state index in [-0.39, 0.29) is 23.9 Å². The summed E-state index contributed by atoms with van der Waals surface area (Å²) in [5.74, 6) is 0.0422. The summed E-state index contributed by atoms with van der Waals surface area (Å²) < 4.78 is 5.50. The van der Waals surface area contributed by atoms with Crippen LogP contribution in [-0.4, -0.2) is 77.6 Å². The van der Waals surface area contributed by atoms with E-state index in [0.717, 1.165) is 26.1 Å². The molecule has 1 N–H and O–H groups in total. The molecule has 0 spiro atoms. The lowest BCUT2D eigenvalue weighted by atomic mass is 10.1. The maximum Gasteiger partial charge on any atom is 0.253 e. The van der Waals surface area contributed by atoms with Gasteiger partial charge in [-0.15, -0.1) is 0 Å². The summed E-state index contributed by atoms with van der Waals surface area (Å²) >= 11 is 0. The molecule has 0 bridgehead atoms. The van der Waals surface area contributed by atoms with Crippen molar-refractivity contribution in [3.63, 3.8) is 0 Å². The van der Waals surface area contributed by atoms with E-state index in [1.807, 2.05) is 18.7 Å². The number of nitrogens with one attached hydrogen (secondary N) is 1. The van der Waals surface area contributed by atoms with Gasteiger partial charge in [0, 0.05) is 57.3 Å². The molecule has 7 heteroatoms. The lowest BCUT2D eigenvalue weighted by Gasteiger charge is -2.36. The Morgan fingerprint density at radius 1 is 1.30 bits per heavy atom. The Morgan fingerprint density at radius 2 is 2.04 bits per heavy atom. The normalized spacial score (nSPS) is 23.9. The molecule has 2 aliphatic heterocycles. The van der Waals surface area contributed by atoms with Crippen molar-refractivity contribution in [3.8, 4) is 0 Å². The average molecular weight is 374 g/mol. The van der Waals surface area contributed by atoms with E-state index < -0.39 is 0 Å². The van der Waals surface area contributed by atoms with E-state index in [9.17, 15) is 9.59 Å². The van der Waals surface area contributed by atoms with Crippen LogP contribution in [-0.2, 0) is 9.53 Å². The van der Waals surface area contributed by atoms with Gasteiger partial charge in [-0.25, -0.2) is 0 Å². The molecule has 0 aromatic carbocycles. The Morgan fingerprint density at radius 3 is 2.67 bits per heavy atom. The number of amides is 2. The highest BCUT2D eigenvalue weighted by Gasteiger charge is 2.42. The van der Waals surface area contributed by atoms with Crippen molar-refractivity contribution < 1.29 is 14.3 Å². The molecule has 2 atom stereocenters. The number of aromatic nitrogens is 1. The zero-order valence-corrected chi connectivity index (χ0v) is 16.3. The third-order valence-corrected chi connectivity index (χ3v) is 5.62. The standard InChI is InChI=1S/C20H30N4O3/c1-3-23(4-2)20(26)18-12-16(14-24(18)17-7-10-27-11-8-17)22-19(25)15-6-5-9-21-13-15/h5-6,9,13,16-18H,3-4,7-8,10-12,14H2,1-2H3,(H,22,25)/t16-,18-/m0/s1. The predicted octanol–water partition coefficient (Wildman–Crippen LogP) is 1.30. The van der Waals surface area contributed by atoms with Crippen LogP contribution in [0.1, 0.15) is 43.5 Å². The number of likely N-dealkylation sites (tertiary alicyclic amines) is 1. The van der Waals surface area contributed by atoms with Crippen LogP contribution >= 0.6 is 0 Å². The van der Waals surface area contributed by atoms with Crippen LogP contribution in [0.3, 0.4) is 0 Å². The summed E-state index contributed by atoms with van der Waals surface area (Å²) in [5.41, 5.74) is 0.550. The van der Waals surface area contributed by atoms with Gasteiger partial charge >= 0.3 is 0 Å². The number of ether oxygens (including phenoxy) is 1. The number of carbonyl (C=O) groups is 2. The Labute approximate surface area is 161 Å². The molecule has 0 aliphatic carbocycles. The molecule has 3 rings (SSSR count). The van der Waals surface area contributed by atoms with Crippen LogP contribution in [0.5, 0.6) is 0 Å². The van der Waals surface area contributed by atoms with Gasteiger partial charge in [-0.05, 0) is 45.2 Å². The first-order chi connectivity index (χ1) is 13.1. The minimum absolute atomic E-state index is 0.0370. The van der Waals surface area contributed by atoms with Crippen LogP contribution in [0.4, 0.5) is 0 Å². The van der Waals surface area contributed by atoms with Crippen LogP contribution in [0, 0.1) is 0 Å². The quantitative estimate of drug-likeness (QED) is 0.812. The number of nitrogens with zero attached hydrogens (tertiary/aromatic N) is 3. The van der Waals surface area contributed by atoms with Crippen LogP contribution in [0.2, 0.25) is 0 Å². The summed E-state index contributed by atoms with van der Waals surface area (Å²) in [6.45, 7) is 7.61. The van der Waals surface area contributed by atoms with Gasteiger partial charge < -0.3 is 15.0 Å². The fourth-order valence-corrected chi connectivity index (χ4v) is 4.14. The maximum atomic E-state index is 13.1. The van der Waals surface area contributed by atoms with Crippen molar-refractivity contribution in [2.45, 2.75) is 51.2 Å². The van der Waals surface area contributed by atoms with Crippen LogP contribution < -0.4 is 5.32 Å². The Hall–Kier alpha value is -1.99. The van der Waals surface area contributed by atoms with Crippen molar-refractivity contribution in [2.75, 3.05) is 32.8 Å². The van der Waals surface area contributed by atoms with E-state index >= 15 is 0 Å². The molecule has 2 fully saturated rings. The molecule has 7 nitrogen and oxygen atoms in total. The average Bonchev–Trinajstić information content (AvgIpc) is 3.14. The number of rotatable bonds is 6. The van der Waals surface area contributed by atoms with Crippen LogP contribution in [0.25, 0.3) is 0 Å². The number of hydrogen-bond donors (Lipinski definition) is 1. The van der Waals surface area contributed by atoms with Gasteiger partial charge in [-0.3, -0.25) is 19.5 Å². The van der Waals surface area contributed by atoms with E-state index in [1.165, 1.54) is 0 Å². The molecule has 2 amide bonds. The van der Waals surface area contributed by atoms with Gasteiger partial charge in [0.15, 0.2) is 0 Å². The molecular formula is C20H30N4O3.